The molecular formula is C8H12N4O. The molecule has 0 aliphatic carbocycles. The molecule has 13 heavy (non-hydrogen) atoms. The van der Waals surface area contributed by atoms with E-state index < -0.39 is 0 Å². The number of aromatic nitrogens is 3. The minimum Gasteiger partial charge on any atom is -0.331 e. The van der Waals surface area contributed by atoms with Crippen molar-refractivity contribution >= 4 is 5.91 Å². The Kier molecular flexibility index (Phi) is 1.61. The van der Waals surface area contributed by atoms with Gasteiger partial charge in [-0.3, -0.25) is 9.89 Å². The van der Waals surface area contributed by atoms with Gasteiger partial charge >= 0.3 is 0 Å². The second-order valence-corrected chi connectivity index (χ2v) is 3.85. The Labute approximate surface area is 76.2 Å². The van der Waals surface area contributed by atoms with Gasteiger partial charge < -0.3 is 4.90 Å². The molecule has 5 heteroatoms. The number of aromatic amines is 1. The number of hydrogen-bond acceptors (Lipinski definition) is 3. The summed E-state index contributed by atoms with van der Waals surface area (Å²) in [4.78, 5) is 17.3. The number of nitrogens with zero attached hydrogens (tertiary/aromatic N) is 3. The number of amides is 1. The molecule has 1 aliphatic heterocycles. The van der Waals surface area contributed by atoms with Crippen LogP contribution < -0.4 is 0 Å². The van der Waals surface area contributed by atoms with Crippen LogP contribution in [0, 0.1) is 0 Å². The van der Waals surface area contributed by atoms with Crippen LogP contribution in [0.1, 0.15) is 30.9 Å². The highest BCUT2D eigenvalue weighted by molar-refractivity contribution is 5.91. The van der Waals surface area contributed by atoms with Crippen molar-refractivity contribution in [3.63, 3.8) is 0 Å². The lowest BCUT2D eigenvalue weighted by Crippen LogP contribution is -2.58. The van der Waals surface area contributed by atoms with Gasteiger partial charge in [0.15, 0.2) is 0 Å². The lowest BCUT2D eigenvalue weighted by molar-refractivity contribution is 0.0146. The molecule has 0 radical (unpaired) electrons. The molecular weight excluding hydrogens is 168 g/mol. The predicted octanol–water partition coefficient (Wildman–Crippen LogP) is 0.429. The number of carbonyl (C=O) groups excluding carboxylic acids is 1. The van der Waals surface area contributed by atoms with Crippen LogP contribution in [0.25, 0.3) is 0 Å². The van der Waals surface area contributed by atoms with E-state index in [1.165, 1.54) is 6.33 Å². The van der Waals surface area contributed by atoms with Gasteiger partial charge in [0.25, 0.3) is 5.91 Å². The van der Waals surface area contributed by atoms with Gasteiger partial charge in [0, 0.05) is 12.1 Å². The average Bonchev–Trinajstić information content (AvgIpc) is 2.54. The van der Waals surface area contributed by atoms with Crippen LogP contribution in [0.4, 0.5) is 0 Å². The summed E-state index contributed by atoms with van der Waals surface area (Å²) in [6.07, 6.45) is 2.40. The van der Waals surface area contributed by atoms with Crippen LogP contribution >= 0.6 is 0 Å². The Morgan fingerprint density at radius 3 is 2.85 bits per heavy atom. The van der Waals surface area contributed by atoms with Gasteiger partial charge in [-0.15, -0.1) is 0 Å². The third-order valence-electron chi connectivity index (χ3n) is 2.54. The minimum absolute atomic E-state index is 0.0239. The molecule has 0 saturated carbocycles. The third kappa shape index (κ3) is 1.20. The number of rotatable bonds is 1. The topological polar surface area (TPSA) is 61.9 Å². The number of H-pyrrole nitrogens is 1. The average molecular weight is 180 g/mol. The van der Waals surface area contributed by atoms with Gasteiger partial charge in [0.2, 0.25) is 5.82 Å². The Hall–Kier alpha value is -1.39. The summed E-state index contributed by atoms with van der Waals surface area (Å²) in [5.74, 6) is 0.265. The first-order valence-corrected chi connectivity index (χ1v) is 4.28. The number of likely N-dealkylation sites (tertiary alicyclic amines) is 1. The Balaban J connectivity index is 2.15. The highest BCUT2D eigenvalue weighted by Crippen LogP contribution is 2.30. The molecule has 1 N–H and O–H groups in total. The molecule has 2 rings (SSSR count). The Bertz CT molecular complexity index is 317. The number of carbonyl (C=O) groups is 1. The zero-order valence-corrected chi connectivity index (χ0v) is 7.74. The van der Waals surface area contributed by atoms with Crippen LogP contribution in [0.3, 0.4) is 0 Å². The predicted molar refractivity (Wildman–Crippen MR) is 46.1 cm³/mol. The molecule has 2 heterocycles. The van der Waals surface area contributed by atoms with E-state index >= 15 is 0 Å². The quantitative estimate of drug-likeness (QED) is 0.681. The van der Waals surface area contributed by atoms with Crippen molar-refractivity contribution in [1.82, 2.24) is 20.1 Å². The van der Waals surface area contributed by atoms with Crippen LogP contribution in [-0.2, 0) is 0 Å². The van der Waals surface area contributed by atoms with E-state index in [9.17, 15) is 4.79 Å². The minimum atomic E-state index is -0.0613. The first kappa shape index (κ1) is 8.22. The monoisotopic (exact) mass is 180 g/mol. The van der Waals surface area contributed by atoms with Crippen molar-refractivity contribution in [2.75, 3.05) is 6.54 Å². The maximum atomic E-state index is 11.7. The highest BCUT2D eigenvalue weighted by Gasteiger charge is 2.40. The summed E-state index contributed by atoms with van der Waals surface area (Å²) in [6.45, 7) is 4.90. The number of nitrogens with one attached hydrogen (secondary N) is 1. The highest BCUT2D eigenvalue weighted by atomic mass is 16.2. The second-order valence-electron chi connectivity index (χ2n) is 3.85. The molecule has 1 aromatic rings. The molecule has 1 saturated heterocycles. The van der Waals surface area contributed by atoms with Gasteiger partial charge in [-0.1, -0.05) is 0 Å². The van der Waals surface area contributed by atoms with Gasteiger partial charge in [-0.2, -0.15) is 5.10 Å². The van der Waals surface area contributed by atoms with Crippen molar-refractivity contribution in [1.29, 1.82) is 0 Å². The van der Waals surface area contributed by atoms with E-state index in [2.05, 4.69) is 15.2 Å². The zero-order chi connectivity index (χ0) is 9.47. The molecule has 5 nitrogen and oxygen atoms in total. The second kappa shape index (κ2) is 2.55. The van der Waals surface area contributed by atoms with E-state index in [1.54, 1.807) is 4.90 Å². The van der Waals surface area contributed by atoms with Crippen molar-refractivity contribution in [2.24, 2.45) is 0 Å². The summed E-state index contributed by atoms with van der Waals surface area (Å²) in [7, 11) is 0. The molecule has 0 atom stereocenters. The molecule has 1 fully saturated rings. The smallest absolute Gasteiger partial charge is 0.291 e. The molecule has 1 aromatic heterocycles. The van der Waals surface area contributed by atoms with E-state index in [0.717, 1.165) is 13.0 Å². The maximum Gasteiger partial charge on any atom is 0.291 e. The lowest BCUT2D eigenvalue weighted by atomic mass is 9.89. The normalized spacial score (nSPS) is 19.7. The maximum absolute atomic E-state index is 11.7. The van der Waals surface area contributed by atoms with Crippen LogP contribution in [0.15, 0.2) is 6.33 Å². The zero-order valence-electron chi connectivity index (χ0n) is 7.74. The Morgan fingerprint density at radius 1 is 1.69 bits per heavy atom. The van der Waals surface area contributed by atoms with Gasteiger partial charge in [-0.25, -0.2) is 4.98 Å². The van der Waals surface area contributed by atoms with Crippen molar-refractivity contribution in [3.05, 3.63) is 12.2 Å². The van der Waals surface area contributed by atoms with E-state index in [-0.39, 0.29) is 11.4 Å². The van der Waals surface area contributed by atoms with E-state index in [0.29, 0.717) is 5.82 Å². The summed E-state index contributed by atoms with van der Waals surface area (Å²) < 4.78 is 0. The molecule has 70 valence electrons. The first-order chi connectivity index (χ1) is 6.11. The molecule has 1 aliphatic rings. The number of hydrogen-bond donors (Lipinski definition) is 1. The molecule has 0 spiro atoms. The van der Waals surface area contributed by atoms with Crippen molar-refractivity contribution in [3.8, 4) is 0 Å². The fraction of sp³-hybridized carbons (Fsp3) is 0.625. The van der Waals surface area contributed by atoms with Crippen LogP contribution in [0.2, 0.25) is 0 Å². The summed E-state index contributed by atoms with van der Waals surface area (Å²) in [5, 5.41) is 6.22. The standard InChI is InChI=1S/C8H12N4O/c1-8(2)3-4-12(8)7(13)6-9-5-10-11-6/h5H,3-4H2,1-2H3,(H,9,10,11). The first-order valence-electron chi connectivity index (χ1n) is 4.28. The van der Waals surface area contributed by atoms with Crippen molar-refractivity contribution in [2.45, 2.75) is 25.8 Å². The Morgan fingerprint density at radius 2 is 2.46 bits per heavy atom. The van der Waals surface area contributed by atoms with Gasteiger partial charge in [0.1, 0.15) is 6.33 Å². The van der Waals surface area contributed by atoms with Crippen LogP contribution in [-0.4, -0.2) is 38.1 Å². The fourth-order valence-corrected chi connectivity index (χ4v) is 1.48. The van der Waals surface area contributed by atoms with Crippen LogP contribution in [0.5, 0.6) is 0 Å². The summed E-state index contributed by atoms with van der Waals surface area (Å²) >= 11 is 0. The SMILES string of the molecule is CC1(C)CCN1C(=O)c1ncn[nH]1. The molecule has 0 bridgehead atoms. The van der Waals surface area contributed by atoms with Crippen molar-refractivity contribution < 1.29 is 4.79 Å². The van der Waals surface area contributed by atoms with Gasteiger partial charge in [-0.05, 0) is 20.3 Å². The fourth-order valence-electron chi connectivity index (χ4n) is 1.48. The summed E-state index contributed by atoms with van der Waals surface area (Å²) in [5.41, 5.74) is -0.0239. The van der Waals surface area contributed by atoms with E-state index in [4.69, 9.17) is 0 Å². The van der Waals surface area contributed by atoms with Gasteiger partial charge in [0.05, 0.1) is 0 Å². The largest absolute Gasteiger partial charge is 0.331 e. The molecule has 1 amide bonds. The van der Waals surface area contributed by atoms with E-state index in [1.807, 2.05) is 13.8 Å². The third-order valence-corrected chi connectivity index (χ3v) is 2.54. The lowest BCUT2D eigenvalue weighted by Gasteiger charge is -2.47. The molecule has 0 aromatic carbocycles. The molecule has 0 unspecified atom stereocenters. The summed E-state index contributed by atoms with van der Waals surface area (Å²) in [6, 6.07) is 0.